The van der Waals surface area contributed by atoms with Gasteiger partial charge in [0.2, 0.25) is 0 Å². The summed E-state index contributed by atoms with van der Waals surface area (Å²) in [5, 5.41) is 2.23. The Morgan fingerprint density at radius 1 is 1.07 bits per heavy atom. The maximum atomic E-state index is 13.0. The first-order valence-corrected chi connectivity index (χ1v) is 8.93. The van der Waals surface area contributed by atoms with Crippen LogP contribution in [0.4, 0.5) is 10.5 Å². The molecular weight excluding hydrogens is 412 g/mol. The summed E-state index contributed by atoms with van der Waals surface area (Å²) in [6, 6.07) is 9.83. The average molecular weight is 429 g/mol. The zero-order chi connectivity index (χ0) is 19.7. The van der Waals surface area contributed by atoms with E-state index in [4.69, 9.17) is 4.74 Å². The van der Waals surface area contributed by atoms with E-state index in [2.05, 4.69) is 21.2 Å². The summed E-state index contributed by atoms with van der Waals surface area (Å²) in [4.78, 5) is 38.6. The molecule has 0 aliphatic carbocycles. The number of nitrogens with zero attached hydrogens (tertiary/aromatic N) is 1. The fourth-order valence-corrected chi connectivity index (χ4v) is 3.28. The summed E-state index contributed by atoms with van der Waals surface area (Å²) >= 11 is 3.36. The molecule has 1 saturated heterocycles. The lowest BCUT2D eigenvalue weighted by Gasteiger charge is -2.27. The second kappa shape index (κ2) is 7.36. The van der Waals surface area contributed by atoms with Crippen molar-refractivity contribution in [3.63, 3.8) is 0 Å². The summed E-state index contributed by atoms with van der Waals surface area (Å²) in [6.45, 7) is 3.73. The lowest BCUT2D eigenvalue weighted by atomic mass is 10.0. The molecule has 0 bridgehead atoms. The second-order valence-corrected chi connectivity index (χ2v) is 7.05. The molecule has 27 heavy (non-hydrogen) atoms. The Morgan fingerprint density at radius 2 is 1.81 bits per heavy atom. The molecule has 1 aliphatic heterocycles. The number of barbiturate groups is 1. The van der Waals surface area contributed by atoms with Crippen molar-refractivity contribution < 1.29 is 19.1 Å². The number of hydrogen-bond donors (Lipinski definition) is 1. The standard InChI is InChI=1S/C20H17BrN2O4/c1-11-4-6-16(12(2)8-11)23-19(25)15(18(24)22-20(23)26)10-13-9-14(21)5-7-17(13)27-3/h4-10H,1-3H3,(H,22,24,26)/b15-10+. The Bertz CT molecular complexity index is 997. The van der Waals surface area contributed by atoms with Gasteiger partial charge in [0.25, 0.3) is 11.8 Å². The van der Waals surface area contributed by atoms with Crippen molar-refractivity contribution in [3.8, 4) is 5.75 Å². The number of carbonyl (C=O) groups is 3. The van der Waals surface area contributed by atoms with Gasteiger partial charge in [0.1, 0.15) is 11.3 Å². The first-order chi connectivity index (χ1) is 12.8. The number of ether oxygens (including phenoxy) is 1. The summed E-state index contributed by atoms with van der Waals surface area (Å²) in [6.07, 6.45) is 1.42. The molecule has 1 heterocycles. The molecule has 4 amide bonds. The van der Waals surface area contributed by atoms with Crippen molar-refractivity contribution in [2.75, 3.05) is 12.0 Å². The minimum absolute atomic E-state index is 0.147. The summed E-state index contributed by atoms with van der Waals surface area (Å²) < 4.78 is 6.05. The predicted octanol–water partition coefficient (Wildman–Crippen LogP) is 3.74. The smallest absolute Gasteiger partial charge is 0.335 e. The van der Waals surface area contributed by atoms with E-state index >= 15 is 0 Å². The molecule has 0 spiro atoms. The number of methoxy groups -OCH3 is 1. The minimum atomic E-state index is -0.768. The first-order valence-electron chi connectivity index (χ1n) is 8.14. The van der Waals surface area contributed by atoms with Gasteiger partial charge in [-0.05, 0) is 49.8 Å². The van der Waals surface area contributed by atoms with E-state index in [0.717, 1.165) is 20.5 Å². The molecule has 1 aliphatic rings. The summed E-state index contributed by atoms with van der Waals surface area (Å²) in [5.74, 6) is -0.924. The van der Waals surface area contributed by atoms with E-state index in [0.29, 0.717) is 17.0 Å². The van der Waals surface area contributed by atoms with Gasteiger partial charge in [0.05, 0.1) is 12.8 Å². The van der Waals surface area contributed by atoms with Crippen LogP contribution in [0.2, 0.25) is 0 Å². The SMILES string of the molecule is COc1ccc(Br)cc1/C=C1\C(=O)NC(=O)N(c2ccc(C)cc2C)C1=O. The molecule has 6 nitrogen and oxygen atoms in total. The van der Waals surface area contributed by atoms with E-state index in [1.165, 1.54) is 13.2 Å². The topological polar surface area (TPSA) is 75.7 Å². The van der Waals surface area contributed by atoms with Crippen LogP contribution in [0, 0.1) is 13.8 Å². The van der Waals surface area contributed by atoms with Crippen LogP contribution in [0.3, 0.4) is 0 Å². The molecule has 2 aromatic rings. The average Bonchev–Trinajstić information content (AvgIpc) is 2.60. The third kappa shape index (κ3) is 3.64. The molecule has 0 atom stereocenters. The Hall–Kier alpha value is -2.93. The zero-order valence-corrected chi connectivity index (χ0v) is 16.6. The van der Waals surface area contributed by atoms with Crippen LogP contribution in [0.5, 0.6) is 5.75 Å². The predicted molar refractivity (Wildman–Crippen MR) is 106 cm³/mol. The normalized spacial score (nSPS) is 15.9. The highest BCUT2D eigenvalue weighted by atomic mass is 79.9. The first kappa shape index (κ1) is 18.8. The molecule has 0 unspecified atom stereocenters. The van der Waals surface area contributed by atoms with E-state index in [9.17, 15) is 14.4 Å². The molecule has 0 aromatic heterocycles. The number of imide groups is 2. The molecule has 138 valence electrons. The Balaban J connectivity index is 2.09. The van der Waals surface area contributed by atoms with Crippen LogP contribution in [-0.2, 0) is 9.59 Å². The highest BCUT2D eigenvalue weighted by Gasteiger charge is 2.37. The third-order valence-electron chi connectivity index (χ3n) is 4.19. The molecule has 2 aromatic carbocycles. The Kier molecular flexibility index (Phi) is 5.14. The van der Waals surface area contributed by atoms with E-state index in [-0.39, 0.29) is 5.57 Å². The second-order valence-electron chi connectivity index (χ2n) is 6.13. The lowest BCUT2D eigenvalue weighted by Crippen LogP contribution is -2.54. The highest BCUT2D eigenvalue weighted by molar-refractivity contribution is 9.10. The number of carbonyl (C=O) groups excluding carboxylic acids is 3. The van der Waals surface area contributed by atoms with Crippen LogP contribution >= 0.6 is 15.9 Å². The Morgan fingerprint density at radius 3 is 2.48 bits per heavy atom. The van der Waals surface area contributed by atoms with Gasteiger partial charge in [-0.1, -0.05) is 33.6 Å². The fourth-order valence-electron chi connectivity index (χ4n) is 2.91. The van der Waals surface area contributed by atoms with Crippen LogP contribution in [-0.4, -0.2) is 25.0 Å². The molecule has 1 N–H and O–H groups in total. The van der Waals surface area contributed by atoms with Gasteiger partial charge < -0.3 is 4.74 Å². The quantitative estimate of drug-likeness (QED) is 0.596. The number of amides is 4. The van der Waals surface area contributed by atoms with Crippen LogP contribution < -0.4 is 15.0 Å². The van der Waals surface area contributed by atoms with Crippen LogP contribution in [0.15, 0.2) is 46.4 Å². The van der Waals surface area contributed by atoms with Crippen molar-refractivity contribution in [3.05, 3.63) is 63.1 Å². The number of aryl methyl sites for hydroxylation is 2. The lowest BCUT2D eigenvalue weighted by molar-refractivity contribution is -0.122. The number of nitrogens with one attached hydrogen (secondary N) is 1. The number of halogens is 1. The number of urea groups is 1. The third-order valence-corrected chi connectivity index (χ3v) is 4.68. The fraction of sp³-hybridized carbons (Fsp3) is 0.150. The van der Waals surface area contributed by atoms with Gasteiger partial charge in [0, 0.05) is 10.0 Å². The number of rotatable bonds is 3. The molecule has 7 heteroatoms. The number of benzene rings is 2. The maximum absolute atomic E-state index is 13.0. The van der Waals surface area contributed by atoms with Crippen LogP contribution in [0.25, 0.3) is 6.08 Å². The molecule has 0 radical (unpaired) electrons. The van der Waals surface area contributed by atoms with Crippen molar-refractivity contribution in [1.29, 1.82) is 0 Å². The summed E-state index contributed by atoms with van der Waals surface area (Å²) in [7, 11) is 1.50. The monoisotopic (exact) mass is 428 g/mol. The molecule has 0 saturated carbocycles. The Labute approximate surface area is 164 Å². The summed E-state index contributed by atoms with van der Waals surface area (Å²) in [5.41, 5.74) is 2.59. The number of hydrogen-bond acceptors (Lipinski definition) is 4. The van der Waals surface area contributed by atoms with Gasteiger partial charge in [-0.3, -0.25) is 14.9 Å². The number of anilines is 1. The van der Waals surface area contributed by atoms with Crippen molar-refractivity contribution in [2.45, 2.75) is 13.8 Å². The molecular formula is C20H17BrN2O4. The van der Waals surface area contributed by atoms with Gasteiger partial charge in [-0.15, -0.1) is 0 Å². The molecule has 1 fully saturated rings. The van der Waals surface area contributed by atoms with E-state index in [1.54, 1.807) is 37.3 Å². The van der Waals surface area contributed by atoms with Crippen LogP contribution in [0.1, 0.15) is 16.7 Å². The maximum Gasteiger partial charge on any atom is 0.335 e. The van der Waals surface area contributed by atoms with Crippen molar-refractivity contribution in [1.82, 2.24) is 5.32 Å². The van der Waals surface area contributed by atoms with Crippen molar-refractivity contribution in [2.24, 2.45) is 0 Å². The van der Waals surface area contributed by atoms with E-state index < -0.39 is 17.8 Å². The highest BCUT2D eigenvalue weighted by Crippen LogP contribution is 2.29. The van der Waals surface area contributed by atoms with Gasteiger partial charge in [-0.25, -0.2) is 9.69 Å². The van der Waals surface area contributed by atoms with Gasteiger partial charge in [0.15, 0.2) is 0 Å². The molecule has 3 rings (SSSR count). The van der Waals surface area contributed by atoms with Gasteiger partial charge >= 0.3 is 6.03 Å². The minimum Gasteiger partial charge on any atom is -0.496 e. The van der Waals surface area contributed by atoms with E-state index in [1.807, 2.05) is 13.0 Å². The van der Waals surface area contributed by atoms with Crippen molar-refractivity contribution >= 4 is 45.5 Å². The largest absolute Gasteiger partial charge is 0.496 e. The van der Waals surface area contributed by atoms with Gasteiger partial charge in [-0.2, -0.15) is 0 Å². The zero-order valence-electron chi connectivity index (χ0n) is 15.0.